The van der Waals surface area contributed by atoms with E-state index in [0.717, 1.165) is 0 Å². The standard InChI is InChI=1S/C17H27N3O5/c1-16(2,3)20(13-7-9-24-18-13)14(21)12-11-23-10-8-19(12)15(22)25-17(4,5)6/h7,9,12H,8,10-11H2,1-6H3. The highest BCUT2D eigenvalue weighted by atomic mass is 16.6. The number of hydrogen-bond acceptors (Lipinski definition) is 6. The minimum Gasteiger partial charge on any atom is -0.444 e. The quantitative estimate of drug-likeness (QED) is 0.812. The lowest BCUT2D eigenvalue weighted by molar-refractivity contribution is -0.130. The van der Waals surface area contributed by atoms with Crippen molar-refractivity contribution in [2.24, 2.45) is 0 Å². The first-order valence-electron chi connectivity index (χ1n) is 8.32. The summed E-state index contributed by atoms with van der Waals surface area (Å²) in [5.41, 5.74) is -1.19. The van der Waals surface area contributed by atoms with Crippen LogP contribution in [-0.4, -0.2) is 59.0 Å². The fourth-order valence-corrected chi connectivity index (χ4v) is 2.61. The number of nitrogens with zero attached hydrogens (tertiary/aromatic N) is 3. The Hall–Kier alpha value is -2.09. The molecular formula is C17H27N3O5. The molecule has 0 N–H and O–H groups in total. The minimum absolute atomic E-state index is 0.114. The molecule has 0 bridgehead atoms. The summed E-state index contributed by atoms with van der Waals surface area (Å²) in [6.07, 6.45) is 0.882. The van der Waals surface area contributed by atoms with E-state index < -0.39 is 23.3 Å². The van der Waals surface area contributed by atoms with Gasteiger partial charge >= 0.3 is 6.09 Å². The number of amides is 2. The van der Waals surface area contributed by atoms with Crippen LogP contribution in [0, 0.1) is 0 Å². The summed E-state index contributed by atoms with van der Waals surface area (Å²) in [7, 11) is 0. The molecule has 2 rings (SSSR count). The first kappa shape index (κ1) is 19.2. The zero-order valence-corrected chi connectivity index (χ0v) is 15.7. The number of morpholine rings is 1. The number of ether oxygens (including phenoxy) is 2. The molecule has 0 aromatic carbocycles. The molecule has 1 aliphatic heterocycles. The SMILES string of the molecule is CC(C)(C)OC(=O)N1CCOCC1C(=O)N(c1ccon1)C(C)(C)C. The van der Waals surface area contributed by atoms with Crippen molar-refractivity contribution in [3.8, 4) is 0 Å². The summed E-state index contributed by atoms with van der Waals surface area (Å²) >= 11 is 0. The van der Waals surface area contributed by atoms with E-state index in [4.69, 9.17) is 14.0 Å². The maximum Gasteiger partial charge on any atom is 0.411 e. The molecule has 1 fully saturated rings. The van der Waals surface area contributed by atoms with Crippen LogP contribution in [0.3, 0.4) is 0 Å². The maximum atomic E-state index is 13.2. The molecule has 8 nitrogen and oxygen atoms in total. The van der Waals surface area contributed by atoms with Crippen molar-refractivity contribution < 1.29 is 23.6 Å². The molecular weight excluding hydrogens is 326 g/mol. The molecule has 0 aliphatic carbocycles. The maximum absolute atomic E-state index is 13.2. The van der Waals surface area contributed by atoms with E-state index in [2.05, 4.69) is 5.16 Å². The number of carbonyl (C=O) groups excluding carboxylic acids is 2. The van der Waals surface area contributed by atoms with Gasteiger partial charge in [-0.15, -0.1) is 0 Å². The minimum atomic E-state index is -0.778. The van der Waals surface area contributed by atoms with E-state index >= 15 is 0 Å². The smallest absolute Gasteiger partial charge is 0.411 e. The lowest BCUT2D eigenvalue weighted by Gasteiger charge is -2.41. The number of hydrogen-bond donors (Lipinski definition) is 0. The molecule has 1 saturated heterocycles. The molecule has 1 aliphatic rings. The van der Waals surface area contributed by atoms with Crippen LogP contribution >= 0.6 is 0 Å². The molecule has 1 atom stereocenters. The molecule has 140 valence electrons. The van der Waals surface area contributed by atoms with Crippen molar-refractivity contribution in [1.82, 2.24) is 10.1 Å². The van der Waals surface area contributed by atoms with E-state index in [-0.39, 0.29) is 12.5 Å². The third-order valence-corrected chi connectivity index (χ3v) is 3.59. The van der Waals surface area contributed by atoms with Crippen LogP contribution < -0.4 is 4.90 Å². The predicted molar refractivity (Wildman–Crippen MR) is 91.3 cm³/mol. The van der Waals surface area contributed by atoms with Crippen molar-refractivity contribution in [3.05, 3.63) is 12.3 Å². The molecule has 1 aromatic heterocycles. The number of carbonyl (C=O) groups is 2. The fraction of sp³-hybridized carbons (Fsp3) is 0.706. The van der Waals surface area contributed by atoms with Crippen LogP contribution in [0.25, 0.3) is 0 Å². The average molecular weight is 353 g/mol. The van der Waals surface area contributed by atoms with Gasteiger partial charge in [0.15, 0.2) is 5.82 Å². The van der Waals surface area contributed by atoms with Gasteiger partial charge in [-0.05, 0) is 41.5 Å². The second-order valence-electron chi connectivity index (χ2n) is 7.97. The number of rotatable bonds is 2. The summed E-state index contributed by atoms with van der Waals surface area (Å²) in [5.74, 6) is 0.110. The molecule has 0 spiro atoms. The first-order valence-corrected chi connectivity index (χ1v) is 8.32. The molecule has 1 unspecified atom stereocenters. The summed E-state index contributed by atoms with van der Waals surface area (Å²) in [6, 6.07) is 0.838. The lowest BCUT2D eigenvalue weighted by atomic mass is 10.0. The van der Waals surface area contributed by atoms with Gasteiger partial charge in [0, 0.05) is 18.2 Å². The van der Waals surface area contributed by atoms with Gasteiger partial charge in [0.25, 0.3) is 5.91 Å². The Balaban J connectivity index is 2.28. The van der Waals surface area contributed by atoms with E-state index in [9.17, 15) is 9.59 Å². The van der Waals surface area contributed by atoms with Gasteiger partial charge in [0.05, 0.1) is 13.2 Å². The second-order valence-corrected chi connectivity index (χ2v) is 7.97. The Morgan fingerprint density at radius 3 is 2.48 bits per heavy atom. The van der Waals surface area contributed by atoms with Gasteiger partial charge in [-0.3, -0.25) is 14.6 Å². The Labute approximate surface area is 148 Å². The Kier molecular flexibility index (Phi) is 5.41. The number of aromatic nitrogens is 1. The molecule has 8 heteroatoms. The van der Waals surface area contributed by atoms with E-state index in [1.165, 1.54) is 16.1 Å². The van der Waals surface area contributed by atoms with Crippen LogP contribution in [0.1, 0.15) is 41.5 Å². The zero-order chi connectivity index (χ0) is 18.8. The Bertz CT molecular complexity index is 601. The topological polar surface area (TPSA) is 85.1 Å². The fourth-order valence-electron chi connectivity index (χ4n) is 2.61. The van der Waals surface area contributed by atoms with Gasteiger partial charge in [-0.25, -0.2) is 4.79 Å². The van der Waals surface area contributed by atoms with Gasteiger partial charge in [-0.2, -0.15) is 0 Å². The van der Waals surface area contributed by atoms with E-state index in [1.54, 1.807) is 26.8 Å². The first-order chi connectivity index (χ1) is 11.5. The molecule has 0 saturated carbocycles. The summed E-state index contributed by atoms with van der Waals surface area (Å²) in [4.78, 5) is 28.7. The second kappa shape index (κ2) is 7.03. The van der Waals surface area contributed by atoms with Gasteiger partial charge < -0.3 is 14.0 Å². The van der Waals surface area contributed by atoms with Crippen molar-refractivity contribution in [1.29, 1.82) is 0 Å². The monoisotopic (exact) mass is 353 g/mol. The van der Waals surface area contributed by atoms with Crippen molar-refractivity contribution in [2.45, 2.75) is 58.7 Å². The normalized spacial score (nSPS) is 18.8. The van der Waals surface area contributed by atoms with E-state index in [1.807, 2.05) is 20.8 Å². The third-order valence-electron chi connectivity index (χ3n) is 3.59. The summed E-state index contributed by atoms with van der Waals surface area (Å²) in [5, 5.41) is 3.88. The zero-order valence-electron chi connectivity index (χ0n) is 15.7. The molecule has 2 heterocycles. The van der Waals surface area contributed by atoms with Crippen LogP contribution in [0.5, 0.6) is 0 Å². The van der Waals surface area contributed by atoms with Crippen LogP contribution in [0.4, 0.5) is 10.6 Å². The van der Waals surface area contributed by atoms with Crippen LogP contribution in [-0.2, 0) is 14.3 Å². The predicted octanol–water partition coefficient (Wildman–Crippen LogP) is 2.44. The van der Waals surface area contributed by atoms with E-state index in [0.29, 0.717) is 19.0 Å². The Morgan fingerprint density at radius 1 is 1.28 bits per heavy atom. The van der Waals surface area contributed by atoms with Crippen LogP contribution in [0.2, 0.25) is 0 Å². The molecule has 0 radical (unpaired) electrons. The van der Waals surface area contributed by atoms with Crippen molar-refractivity contribution in [2.75, 3.05) is 24.7 Å². The van der Waals surface area contributed by atoms with Gasteiger partial charge in [0.1, 0.15) is 17.9 Å². The largest absolute Gasteiger partial charge is 0.444 e. The average Bonchev–Trinajstić information content (AvgIpc) is 2.97. The van der Waals surface area contributed by atoms with Crippen molar-refractivity contribution in [3.63, 3.8) is 0 Å². The number of anilines is 1. The van der Waals surface area contributed by atoms with Crippen molar-refractivity contribution >= 4 is 17.8 Å². The Morgan fingerprint density at radius 2 is 1.96 bits per heavy atom. The van der Waals surface area contributed by atoms with Crippen LogP contribution in [0.15, 0.2) is 16.9 Å². The third kappa shape index (κ3) is 4.72. The highest BCUT2D eigenvalue weighted by Crippen LogP contribution is 2.25. The summed E-state index contributed by atoms with van der Waals surface area (Å²) in [6.45, 7) is 11.8. The van der Waals surface area contributed by atoms with Gasteiger partial charge in [0.2, 0.25) is 0 Å². The summed E-state index contributed by atoms with van der Waals surface area (Å²) < 4.78 is 15.8. The lowest BCUT2D eigenvalue weighted by Crippen LogP contribution is -2.60. The highest BCUT2D eigenvalue weighted by Gasteiger charge is 2.41. The molecule has 2 amide bonds. The molecule has 1 aromatic rings. The highest BCUT2D eigenvalue weighted by molar-refractivity contribution is 5.99. The molecule has 25 heavy (non-hydrogen) atoms. The van der Waals surface area contributed by atoms with Gasteiger partial charge in [-0.1, -0.05) is 5.16 Å².